The molecular weight excluding hydrogens is 276 g/mol. The number of aromatic nitrogens is 5. The first-order valence-corrected chi connectivity index (χ1v) is 7.44. The van der Waals surface area contributed by atoms with Crippen LogP contribution >= 0.6 is 0 Å². The van der Waals surface area contributed by atoms with Crippen molar-refractivity contribution in [3.8, 4) is 22.5 Å². The van der Waals surface area contributed by atoms with Crippen molar-refractivity contribution in [3.63, 3.8) is 0 Å². The smallest absolute Gasteiger partial charge is 0.225 e. The normalized spacial score (nSPS) is 14.5. The summed E-state index contributed by atoms with van der Waals surface area (Å²) < 4.78 is 0. The fourth-order valence-corrected chi connectivity index (χ4v) is 2.79. The molecule has 1 aliphatic rings. The highest BCUT2D eigenvalue weighted by molar-refractivity contribution is 5.78. The number of H-pyrrole nitrogens is 1. The van der Waals surface area contributed by atoms with Gasteiger partial charge in [0.2, 0.25) is 5.95 Å². The van der Waals surface area contributed by atoms with Gasteiger partial charge in [0.05, 0.1) is 17.6 Å². The summed E-state index contributed by atoms with van der Waals surface area (Å²) in [5, 5.41) is 7.24. The van der Waals surface area contributed by atoms with Crippen molar-refractivity contribution >= 4 is 5.95 Å². The molecule has 6 nitrogen and oxygen atoms in total. The molecule has 3 aromatic rings. The van der Waals surface area contributed by atoms with E-state index in [2.05, 4.69) is 25.1 Å². The molecule has 1 fully saturated rings. The monoisotopic (exact) mass is 292 g/mol. The summed E-state index contributed by atoms with van der Waals surface area (Å²) >= 11 is 0. The van der Waals surface area contributed by atoms with Crippen LogP contribution in [-0.4, -0.2) is 38.2 Å². The Balaban J connectivity index is 1.74. The van der Waals surface area contributed by atoms with Crippen LogP contribution < -0.4 is 4.90 Å². The zero-order valence-corrected chi connectivity index (χ0v) is 12.1. The third kappa shape index (κ3) is 2.32. The molecule has 1 aliphatic heterocycles. The molecule has 0 spiro atoms. The minimum atomic E-state index is 0.803. The van der Waals surface area contributed by atoms with E-state index >= 15 is 0 Å². The highest BCUT2D eigenvalue weighted by Crippen LogP contribution is 2.29. The van der Waals surface area contributed by atoms with Crippen molar-refractivity contribution in [1.82, 2.24) is 25.1 Å². The molecule has 110 valence electrons. The van der Waals surface area contributed by atoms with E-state index in [1.54, 1.807) is 12.4 Å². The van der Waals surface area contributed by atoms with Crippen LogP contribution in [0, 0.1) is 0 Å². The fraction of sp³-hybridized carbons (Fsp3) is 0.250. The van der Waals surface area contributed by atoms with Gasteiger partial charge in [0, 0.05) is 42.8 Å². The highest BCUT2D eigenvalue weighted by atomic mass is 15.3. The van der Waals surface area contributed by atoms with Gasteiger partial charge in [-0.25, -0.2) is 9.97 Å². The maximum Gasteiger partial charge on any atom is 0.225 e. The van der Waals surface area contributed by atoms with E-state index in [9.17, 15) is 0 Å². The molecule has 4 rings (SSSR count). The van der Waals surface area contributed by atoms with Crippen LogP contribution in [0.15, 0.2) is 43.0 Å². The maximum absolute atomic E-state index is 4.72. The number of nitrogens with one attached hydrogen (secondary N) is 1. The van der Waals surface area contributed by atoms with Crippen LogP contribution in [0.5, 0.6) is 0 Å². The third-order valence-electron chi connectivity index (χ3n) is 3.92. The van der Waals surface area contributed by atoms with Gasteiger partial charge in [-0.05, 0) is 31.0 Å². The van der Waals surface area contributed by atoms with Crippen LogP contribution in [0.25, 0.3) is 22.5 Å². The topological polar surface area (TPSA) is 70.6 Å². The van der Waals surface area contributed by atoms with Crippen molar-refractivity contribution in [2.75, 3.05) is 18.0 Å². The third-order valence-corrected chi connectivity index (χ3v) is 3.92. The second kappa shape index (κ2) is 5.55. The van der Waals surface area contributed by atoms with Gasteiger partial charge in [0.25, 0.3) is 0 Å². The Labute approximate surface area is 128 Å². The molecule has 6 heteroatoms. The van der Waals surface area contributed by atoms with Gasteiger partial charge in [-0.2, -0.15) is 5.10 Å². The lowest BCUT2D eigenvalue weighted by Crippen LogP contribution is -2.20. The first kappa shape index (κ1) is 12.9. The standard InChI is InChI=1S/C16H16N6/c1-2-10-22(9-1)16-18-8-5-14(20-16)13-11-19-21-15(13)12-3-6-17-7-4-12/h3-8,11H,1-2,9-10H2,(H,19,21). The molecule has 0 bridgehead atoms. The maximum atomic E-state index is 4.72. The van der Waals surface area contributed by atoms with Gasteiger partial charge in [-0.1, -0.05) is 0 Å². The summed E-state index contributed by atoms with van der Waals surface area (Å²) in [6.45, 7) is 2.07. The summed E-state index contributed by atoms with van der Waals surface area (Å²) in [6, 6.07) is 5.84. The minimum absolute atomic E-state index is 0.803. The number of hydrogen-bond donors (Lipinski definition) is 1. The average molecular weight is 292 g/mol. The Morgan fingerprint density at radius 2 is 1.82 bits per heavy atom. The Bertz CT molecular complexity index is 761. The van der Waals surface area contributed by atoms with E-state index < -0.39 is 0 Å². The van der Waals surface area contributed by atoms with E-state index in [1.807, 2.05) is 30.6 Å². The molecule has 0 aliphatic carbocycles. The number of hydrogen-bond acceptors (Lipinski definition) is 5. The van der Waals surface area contributed by atoms with E-state index in [1.165, 1.54) is 12.8 Å². The predicted octanol–water partition coefficient (Wildman–Crippen LogP) is 2.53. The van der Waals surface area contributed by atoms with Crippen molar-refractivity contribution in [1.29, 1.82) is 0 Å². The molecule has 22 heavy (non-hydrogen) atoms. The van der Waals surface area contributed by atoms with Crippen LogP contribution in [0.2, 0.25) is 0 Å². The SMILES string of the molecule is c1cc(-c2[nH]ncc2-c2ccnc(N3CCCC3)n2)ccn1. The second-order valence-corrected chi connectivity index (χ2v) is 5.33. The Morgan fingerprint density at radius 1 is 1.00 bits per heavy atom. The Morgan fingerprint density at radius 3 is 2.64 bits per heavy atom. The molecule has 0 saturated carbocycles. The quantitative estimate of drug-likeness (QED) is 0.803. The van der Waals surface area contributed by atoms with Gasteiger partial charge in [0.15, 0.2) is 0 Å². The molecule has 0 atom stereocenters. The molecule has 1 N–H and O–H groups in total. The van der Waals surface area contributed by atoms with Crippen LogP contribution in [-0.2, 0) is 0 Å². The van der Waals surface area contributed by atoms with Gasteiger partial charge >= 0.3 is 0 Å². The van der Waals surface area contributed by atoms with Crippen molar-refractivity contribution in [2.24, 2.45) is 0 Å². The molecule has 0 amide bonds. The molecule has 0 aromatic carbocycles. The van der Waals surface area contributed by atoms with Crippen molar-refractivity contribution < 1.29 is 0 Å². The number of rotatable bonds is 3. The lowest BCUT2D eigenvalue weighted by atomic mass is 10.1. The molecular formula is C16H16N6. The molecule has 4 heterocycles. The molecule has 0 radical (unpaired) electrons. The summed E-state index contributed by atoms with van der Waals surface area (Å²) in [6.07, 6.45) is 9.60. The first-order chi connectivity index (χ1) is 10.9. The zero-order valence-electron chi connectivity index (χ0n) is 12.1. The summed E-state index contributed by atoms with van der Waals surface area (Å²) in [5.74, 6) is 0.803. The van der Waals surface area contributed by atoms with Crippen molar-refractivity contribution in [3.05, 3.63) is 43.0 Å². The predicted molar refractivity (Wildman–Crippen MR) is 84.3 cm³/mol. The lowest BCUT2D eigenvalue weighted by molar-refractivity contribution is 0.900. The van der Waals surface area contributed by atoms with Crippen LogP contribution in [0.4, 0.5) is 5.95 Å². The second-order valence-electron chi connectivity index (χ2n) is 5.33. The van der Waals surface area contributed by atoms with E-state index in [0.717, 1.165) is 41.6 Å². The molecule has 1 saturated heterocycles. The molecule has 3 aromatic heterocycles. The number of nitrogens with zero attached hydrogens (tertiary/aromatic N) is 5. The average Bonchev–Trinajstić information content (AvgIpc) is 3.27. The Kier molecular flexibility index (Phi) is 3.27. The van der Waals surface area contributed by atoms with Gasteiger partial charge in [-0.3, -0.25) is 10.1 Å². The number of aromatic amines is 1. The molecule has 0 unspecified atom stereocenters. The summed E-state index contributed by atoms with van der Waals surface area (Å²) in [4.78, 5) is 15.4. The largest absolute Gasteiger partial charge is 0.341 e. The van der Waals surface area contributed by atoms with Crippen LogP contribution in [0.1, 0.15) is 12.8 Å². The van der Waals surface area contributed by atoms with E-state index in [0.29, 0.717) is 0 Å². The first-order valence-electron chi connectivity index (χ1n) is 7.44. The zero-order chi connectivity index (χ0) is 14.8. The van der Waals surface area contributed by atoms with Gasteiger partial charge in [0.1, 0.15) is 0 Å². The lowest BCUT2D eigenvalue weighted by Gasteiger charge is -2.15. The van der Waals surface area contributed by atoms with Crippen molar-refractivity contribution in [2.45, 2.75) is 12.8 Å². The summed E-state index contributed by atoms with van der Waals surface area (Å²) in [5.41, 5.74) is 3.86. The minimum Gasteiger partial charge on any atom is -0.341 e. The van der Waals surface area contributed by atoms with E-state index in [-0.39, 0.29) is 0 Å². The highest BCUT2D eigenvalue weighted by Gasteiger charge is 2.17. The van der Waals surface area contributed by atoms with Gasteiger partial charge in [-0.15, -0.1) is 0 Å². The van der Waals surface area contributed by atoms with Gasteiger partial charge < -0.3 is 4.90 Å². The van der Waals surface area contributed by atoms with E-state index in [4.69, 9.17) is 4.98 Å². The summed E-state index contributed by atoms with van der Waals surface area (Å²) in [7, 11) is 0. The fourth-order valence-electron chi connectivity index (χ4n) is 2.79. The Hall–Kier alpha value is -2.76. The number of pyridine rings is 1. The number of anilines is 1. The van der Waals surface area contributed by atoms with Crippen LogP contribution in [0.3, 0.4) is 0 Å².